The van der Waals surface area contributed by atoms with Crippen molar-refractivity contribution in [3.8, 4) is 5.88 Å². The number of halogens is 1. The highest BCUT2D eigenvalue weighted by Crippen LogP contribution is 2.37. The summed E-state index contributed by atoms with van der Waals surface area (Å²) in [5.41, 5.74) is 0.452. The highest BCUT2D eigenvalue weighted by molar-refractivity contribution is 7.84. The second-order valence-electron chi connectivity index (χ2n) is 7.41. The van der Waals surface area contributed by atoms with Crippen molar-refractivity contribution in [2.75, 3.05) is 7.11 Å². The van der Waals surface area contributed by atoms with Gasteiger partial charge in [0.1, 0.15) is 0 Å². The van der Waals surface area contributed by atoms with Gasteiger partial charge < -0.3 is 14.0 Å². The summed E-state index contributed by atoms with van der Waals surface area (Å²) in [6.07, 6.45) is 0. The fourth-order valence-electron chi connectivity index (χ4n) is 2.72. The number of benzene rings is 1. The van der Waals surface area contributed by atoms with Crippen molar-refractivity contribution in [1.82, 2.24) is 4.98 Å². The summed E-state index contributed by atoms with van der Waals surface area (Å²) in [4.78, 5) is 5.10. The molecular formula is C19H23BClNO4S. The van der Waals surface area contributed by atoms with Gasteiger partial charge >= 0.3 is 7.12 Å². The number of nitrogens with zero attached hydrogens (tertiary/aromatic N) is 1. The lowest BCUT2D eigenvalue weighted by Gasteiger charge is -2.32. The van der Waals surface area contributed by atoms with Crippen LogP contribution in [0.3, 0.4) is 0 Å². The third-order valence-electron chi connectivity index (χ3n) is 5.01. The van der Waals surface area contributed by atoms with Gasteiger partial charge in [0, 0.05) is 5.46 Å². The van der Waals surface area contributed by atoms with Crippen LogP contribution in [0.4, 0.5) is 0 Å². The van der Waals surface area contributed by atoms with Crippen molar-refractivity contribution in [2.45, 2.75) is 49.5 Å². The minimum absolute atomic E-state index is 0.240. The van der Waals surface area contributed by atoms with Crippen LogP contribution in [0, 0.1) is 0 Å². The summed E-state index contributed by atoms with van der Waals surface area (Å²) in [6.45, 7) is 7.98. The van der Waals surface area contributed by atoms with Crippen LogP contribution >= 0.6 is 11.6 Å². The molecule has 0 amide bonds. The van der Waals surface area contributed by atoms with Gasteiger partial charge in [0.05, 0.1) is 50.5 Å². The van der Waals surface area contributed by atoms with E-state index in [2.05, 4.69) is 4.98 Å². The lowest BCUT2D eigenvalue weighted by atomic mass is 9.79. The van der Waals surface area contributed by atoms with Crippen LogP contribution in [0.25, 0.3) is 0 Å². The zero-order valence-electron chi connectivity index (χ0n) is 16.1. The van der Waals surface area contributed by atoms with Gasteiger partial charge in [0.15, 0.2) is 0 Å². The molecule has 0 aliphatic carbocycles. The maximum atomic E-state index is 12.6. The first-order chi connectivity index (χ1) is 12.6. The first kappa shape index (κ1) is 20.3. The molecule has 1 aliphatic rings. The zero-order chi connectivity index (χ0) is 19.8. The Morgan fingerprint density at radius 1 is 1.11 bits per heavy atom. The van der Waals surface area contributed by atoms with Crippen molar-refractivity contribution >= 4 is 35.0 Å². The molecule has 0 bridgehead atoms. The highest BCUT2D eigenvalue weighted by atomic mass is 35.5. The summed E-state index contributed by atoms with van der Waals surface area (Å²) in [5.74, 6) is 0.645. The molecule has 3 rings (SSSR count). The molecule has 0 spiro atoms. The van der Waals surface area contributed by atoms with Gasteiger partial charge in [-0.15, -0.1) is 0 Å². The molecule has 1 aromatic carbocycles. The molecule has 1 atom stereocenters. The van der Waals surface area contributed by atoms with Crippen LogP contribution in [0.5, 0.6) is 5.88 Å². The van der Waals surface area contributed by atoms with Crippen molar-refractivity contribution in [3.05, 3.63) is 47.1 Å². The standard InChI is InChI=1S/C19H23BClNO4S/c1-18(2)19(3,4)26-20(25-18)14-11-10-13(22-17(14)24-5)12-27(23)16-9-7-6-8-15(16)21/h6-11H,12H2,1-5H3. The van der Waals surface area contributed by atoms with E-state index < -0.39 is 29.1 Å². The van der Waals surface area contributed by atoms with E-state index >= 15 is 0 Å². The Labute approximate surface area is 168 Å². The average molecular weight is 408 g/mol. The second-order valence-corrected chi connectivity index (χ2v) is 9.24. The number of hydrogen-bond donors (Lipinski definition) is 0. The fourth-order valence-corrected chi connectivity index (χ4v) is 4.22. The molecule has 1 unspecified atom stereocenters. The van der Waals surface area contributed by atoms with Crippen molar-refractivity contribution in [3.63, 3.8) is 0 Å². The predicted molar refractivity (Wildman–Crippen MR) is 108 cm³/mol. The Morgan fingerprint density at radius 2 is 1.74 bits per heavy atom. The molecule has 27 heavy (non-hydrogen) atoms. The van der Waals surface area contributed by atoms with E-state index in [0.29, 0.717) is 27.0 Å². The van der Waals surface area contributed by atoms with E-state index in [1.54, 1.807) is 19.2 Å². The lowest BCUT2D eigenvalue weighted by molar-refractivity contribution is 0.00578. The predicted octanol–water partition coefficient (Wildman–Crippen LogP) is 3.35. The fraction of sp³-hybridized carbons (Fsp3) is 0.421. The van der Waals surface area contributed by atoms with Gasteiger partial charge in [-0.3, -0.25) is 4.21 Å². The van der Waals surface area contributed by atoms with E-state index in [1.807, 2.05) is 52.0 Å². The zero-order valence-corrected chi connectivity index (χ0v) is 17.7. The Kier molecular flexibility index (Phi) is 5.68. The molecule has 0 N–H and O–H groups in total. The van der Waals surface area contributed by atoms with Gasteiger partial charge in [-0.25, -0.2) is 4.98 Å². The topological polar surface area (TPSA) is 57.7 Å². The Hall–Kier alpha value is -1.41. The molecule has 5 nitrogen and oxygen atoms in total. The Balaban J connectivity index is 1.83. The number of aromatic nitrogens is 1. The smallest absolute Gasteiger partial charge is 0.481 e. The van der Waals surface area contributed by atoms with Crippen LogP contribution in [0.2, 0.25) is 5.02 Å². The molecule has 144 valence electrons. The minimum atomic E-state index is -1.30. The van der Waals surface area contributed by atoms with E-state index in [4.69, 9.17) is 25.6 Å². The Bertz CT molecular complexity index is 859. The van der Waals surface area contributed by atoms with Crippen LogP contribution in [-0.4, -0.2) is 34.6 Å². The third-order valence-corrected chi connectivity index (χ3v) is 6.85. The number of pyridine rings is 1. The maximum absolute atomic E-state index is 12.6. The van der Waals surface area contributed by atoms with E-state index in [9.17, 15) is 4.21 Å². The van der Waals surface area contributed by atoms with Gasteiger partial charge in [-0.1, -0.05) is 29.8 Å². The molecule has 1 saturated heterocycles. The largest absolute Gasteiger partial charge is 0.500 e. The monoisotopic (exact) mass is 407 g/mol. The molecular weight excluding hydrogens is 385 g/mol. The number of ether oxygens (including phenoxy) is 1. The molecule has 1 aromatic heterocycles. The van der Waals surface area contributed by atoms with Gasteiger partial charge in [0.2, 0.25) is 5.88 Å². The van der Waals surface area contributed by atoms with E-state index in [1.165, 1.54) is 0 Å². The van der Waals surface area contributed by atoms with Gasteiger partial charge in [-0.05, 0) is 45.9 Å². The van der Waals surface area contributed by atoms with Crippen molar-refractivity contribution in [1.29, 1.82) is 0 Å². The van der Waals surface area contributed by atoms with Crippen LogP contribution in [0.1, 0.15) is 33.4 Å². The molecule has 0 radical (unpaired) electrons. The summed E-state index contributed by atoms with van der Waals surface area (Å²) >= 11 is 6.14. The van der Waals surface area contributed by atoms with Crippen LogP contribution in [-0.2, 0) is 25.9 Å². The normalized spacial score (nSPS) is 19.1. The molecule has 0 saturated carbocycles. The second kappa shape index (κ2) is 7.55. The summed E-state index contributed by atoms with van der Waals surface area (Å²) in [7, 11) is -0.324. The van der Waals surface area contributed by atoms with Crippen molar-refractivity contribution < 1.29 is 18.3 Å². The van der Waals surface area contributed by atoms with Crippen LogP contribution < -0.4 is 10.2 Å². The number of methoxy groups -OCH3 is 1. The molecule has 1 fully saturated rings. The molecule has 2 aromatic rings. The highest BCUT2D eigenvalue weighted by Gasteiger charge is 2.52. The SMILES string of the molecule is COc1nc(CS(=O)c2ccccc2Cl)ccc1B1OC(C)(C)C(C)(C)O1. The molecule has 1 aliphatic heterocycles. The lowest BCUT2D eigenvalue weighted by Crippen LogP contribution is -2.41. The van der Waals surface area contributed by atoms with E-state index in [-0.39, 0.29) is 5.75 Å². The Morgan fingerprint density at radius 3 is 2.33 bits per heavy atom. The summed E-state index contributed by atoms with van der Waals surface area (Å²) < 4.78 is 30.2. The average Bonchev–Trinajstić information content (AvgIpc) is 2.82. The van der Waals surface area contributed by atoms with Gasteiger partial charge in [0.25, 0.3) is 0 Å². The summed E-state index contributed by atoms with van der Waals surface area (Å²) in [6, 6.07) is 10.8. The third kappa shape index (κ3) is 4.06. The first-order valence-electron chi connectivity index (χ1n) is 8.67. The van der Waals surface area contributed by atoms with E-state index in [0.717, 1.165) is 0 Å². The maximum Gasteiger partial charge on any atom is 0.500 e. The summed E-state index contributed by atoms with van der Waals surface area (Å²) in [5, 5.41) is 0.483. The van der Waals surface area contributed by atoms with Gasteiger partial charge in [-0.2, -0.15) is 0 Å². The minimum Gasteiger partial charge on any atom is -0.481 e. The molecule has 2 heterocycles. The number of rotatable bonds is 5. The number of hydrogen-bond acceptors (Lipinski definition) is 5. The van der Waals surface area contributed by atoms with Crippen molar-refractivity contribution in [2.24, 2.45) is 0 Å². The molecule has 8 heteroatoms. The first-order valence-corrected chi connectivity index (χ1v) is 10.4. The quantitative estimate of drug-likeness (QED) is 0.711. The van der Waals surface area contributed by atoms with Crippen LogP contribution in [0.15, 0.2) is 41.3 Å².